The molecule has 3 N–H and O–H groups in total. The normalized spacial score (nSPS) is 10.1. The van der Waals surface area contributed by atoms with Gasteiger partial charge in [-0.25, -0.2) is 4.98 Å². The third kappa shape index (κ3) is 3.61. The largest absolute Gasteiger partial charge is 0.494 e. The van der Waals surface area contributed by atoms with Gasteiger partial charge in [-0.15, -0.1) is 0 Å². The van der Waals surface area contributed by atoms with Gasteiger partial charge in [0.1, 0.15) is 11.6 Å². The molecule has 2 aromatic rings. The standard InChI is InChI=1S/C14H14ClN3O2/c1-2-20-12-6-9(5-11(16)8-12)14(19)18-13-7-10(15)3-4-17-13/h3-8H,2,16H2,1H3,(H,17,18,19). The number of ether oxygens (including phenoxy) is 1. The maximum atomic E-state index is 12.1. The molecule has 0 aliphatic carbocycles. The second kappa shape index (κ2) is 6.25. The fraction of sp³-hybridized carbons (Fsp3) is 0.143. The average molecular weight is 292 g/mol. The fourth-order valence-electron chi connectivity index (χ4n) is 1.66. The van der Waals surface area contributed by atoms with Gasteiger partial charge in [0.05, 0.1) is 6.61 Å². The van der Waals surface area contributed by atoms with Gasteiger partial charge in [0.15, 0.2) is 0 Å². The van der Waals surface area contributed by atoms with Gasteiger partial charge in [0, 0.05) is 28.5 Å². The molecule has 0 spiro atoms. The smallest absolute Gasteiger partial charge is 0.257 e. The van der Waals surface area contributed by atoms with Crippen LogP contribution < -0.4 is 15.8 Å². The zero-order valence-corrected chi connectivity index (χ0v) is 11.6. The first-order valence-electron chi connectivity index (χ1n) is 6.04. The van der Waals surface area contributed by atoms with Gasteiger partial charge in [-0.1, -0.05) is 11.6 Å². The van der Waals surface area contributed by atoms with E-state index in [1.165, 1.54) is 6.20 Å². The van der Waals surface area contributed by atoms with Gasteiger partial charge in [0.25, 0.3) is 5.91 Å². The van der Waals surface area contributed by atoms with Gasteiger partial charge in [-0.05, 0) is 31.2 Å². The number of carbonyl (C=O) groups is 1. The van der Waals surface area contributed by atoms with Crippen LogP contribution in [-0.2, 0) is 0 Å². The van der Waals surface area contributed by atoms with Crippen LogP contribution in [0.3, 0.4) is 0 Å². The Hall–Kier alpha value is -2.27. The van der Waals surface area contributed by atoms with E-state index in [1.54, 1.807) is 30.3 Å². The Bertz CT molecular complexity index is 632. The summed E-state index contributed by atoms with van der Waals surface area (Å²) < 4.78 is 5.35. The van der Waals surface area contributed by atoms with Gasteiger partial charge in [0.2, 0.25) is 0 Å². The summed E-state index contributed by atoms with van der Waals surface area (Å²) in [5.74, 6) is 0.604. The molecule has 0 saturated carbocycles. The van der Waals surface area contributed by atoms with Crippen LogP contribution in [0.25, 0.3) is 0 Å². The SMILES string of the molecule is CCOc1cc(N)cc(C(=O)Nc2cc(Cl)ccn2)c1. The summed E-state index contributed by atoms with van der Waals surface area (Å²) in [6.45, 7) is 2.36. The van der Waals surface area contributed by atoms with Crippen molar-refractivity contribution in [2.24, 2.45) is 0 Å². The Labute approximate surface area is 121 Å². The number of rotatable bonds is 4. The lowest BCUT2D eigenvalue weighted by Gasteiger charge is -2.08. The lowest BCUT2D eigenvalue weighted by molar-refractivity contribution is 0.102. The van der Waals surface area contributed by atoms with Crippen LogP contribution in [-0.4, -0.2) is 17.5 Å². The van der Waals surface area contributed by atoms with E-state index < -0.39 is 0 Å². The van der Waals surface area contributed by atoms with E-state index in [2.05, 4.69) is 10.3 Å². The molecule has 0 atom stereocenters. The van der Waals surface area contributed by atoms with Gasteiger partial charge in [-0.2, -0.15) is 0 Å². The van der Waals surface area contributed by atoms with Crippen molar-refractivity contribution in [2.75, 3.05) is 17.7 Å². The predicted octanol–water partition coefficient (Wildman–Crippen LogP) is 2.97. The number of aromatic nitrogens is 1. The van der Waals surface area contributed by atoms with Crippen LogP contribution in [0.5, 0.6) is 5.75 Å². The molecule has 0 bridgehead atoms. The van der Waals surface area contributed by atoms with Crippen molar-refractivity contribution < 1.29 is 9.53 Å². The van der Waals surface area contributed by atoms with Crippen molar-refractivity contribution in [1.82, 2.24) is 4.98 Å². The van der Waals surface area contributed by atoms with Crippen molar-refractivity contribution in [3.05, 3.63) is 47.1 Å². The Morgan fingerprint density at radius 2 is 2.20 bits per heavy atom. The van der Waals surface area contributed by atoms with Crippen molar-refractivity contribution in [1.29, 1.82) is 0 Å². The number of nitrogens with one attached hydrogen (secondary N) is 1. The molecule has 6 heteroatoms. The Morgan fingerprint density at radius 3 is 2.90 bits per heavy atom. The van der Waals surface area contributed by atoms with E-state index >= 15 is 0 Å². The fourth-order valence-corrected chi connectivity index (χ4v) is 1.82. The summed E-state index contributed by atoms with van der Waals surface area (Å²) >= 11 is 5.83. The Kier molecular flexibility index (Phi) is 4.42. The highest BCUT2D eigenvalue weighted by Gasteiger charge is 2.10. The third-order valence-corrected chi connectivity index (χ3v) is 2.70. The predicted molar refractivity (Wildman–Crippen MR) is 79.2 cm³/mol. The molecular weight excluding hydrogens is 278 g/mol. The summed E-state index contributed by atoms with van der Waals surface area (Å²) in [6.07, 6.45) is 1.52. The molecule has 1 aromatic heterocycles. The number of benzene rings is 1. The van der Waals surface area contributed by atoms with Crippen molar-refractivity contribution >= 4 is 29.0 Å². The van der Waals surface area contributed by atoms with Crippen molar-refractivity contribution in [3.8, 4) is 5.75 Å². The van der Waals surface area contributed by atoms with Crippen LogP contribution in [0.4, 0.5) is 11.5 Å². The molecule has 2 rings (SSSR count). The summed E-state index contributed by atoms with van der Waals surface area (Å²) in [5.41, 5.74) is 6.61. The molecule has 0 radical (unpaired) electrons. The number of amides is 1. The molecule has 20 heavy (non-hydrogen) atoms. The number of pyridine rings is 1. The molecule has 0 fully saturated rings. The van der Waals surface area contributed by atoms with Gasteiger partial charge < -0.3 is 15.8 Å². The number of hydrogen-bond donors (Lipinski definition) is 2. The number of hydrogen-bond acceptors (Lipinski definition) is 4. The number of nitrogen functional groups attached to an aromatic ring is 1. The first-order chi connectivity index (χ1) is 9.58. The highest BCUT2D eigenvalue weighted by Crippen LogP contribution is 2.20. The van der Waals surface area contributed by atoms with Crippen molar-refractivity contribution in [2.45, 2.75) is 6.92 Å². The van der Waals surface area contributed by atoms with Crippen molar-refractivity contribution in [3.63, 3.8) is 0 Å². The van der Waals surface area contributed by atoms with Crippen LogP contribution in [0.15, 0.2) is 36.5 Å². The molecule has 0 saturated heterocycles. The average Bonchev–Trinajstić information content (AvgIpc) is 2.38. The number of nitrogens with zero attached hydrogens (tertiary/aromatic N) is 1. The molecule has 1 amide bonds. The number of carbonyl (C=O) groups excluding carboxylic acids is 1. The topological polar surface area (TPSA) is 77.2 Å². The van der Waals surface area contributed by atoms with E-state index in [0.29, 0.717) is 34.4 Å². The molecule has 0 aliphatic rings. The quantitative estimate of drug-likeness (QED) is 0.849. The third-order valence-electron chi connectivity index (χ3n) is 2.47. The minimum atomic E-state index is -0.326. The van der Waals surface area contributed by atoms with Gasteiger partial charge >= 0.3 is 0 Å². The first kappa shape index (κ1) is 14.1. The first-order valence-corrected chi connectivity index (χ1v) is 6.42. The molecule has 5 nitrogen and oxygen atoms in total. The van der Waals surface area contributed by atoms with E-state index in [0.717, 1.165) is 0 Å². The second-order valence-corrected chi connectivity index (χ2v) is 4.47. The lowest BCUT2D eigenvalue weighted by Crippen LogP contribution is -2.13. The summed E-state index contributed by atoms with van der Waals surface area (Å²) in [4.78, 5) is 16.1. The van der Waals surface area contributed by atoms with Crippen LogP contribution in [0.1, 0.15) is 17.3 Å². The van der Waals surface area contributed by atoms with E-state index in [4.69, 9.17) is 22.1 Å². The van der Waals surface area contributed by atoms with Gasteiger partial charge in [-0.3, -0.25) is 4.79 Å². The molecule has 0 unspecified atom stereocenters. The summed E-state index contributed by atoms with van der Waals surface area (Å²) in [6, 6.07) is 8.06. The zero-order valence-electron chi connectivity index (χ0n) is 10.9. The van der Waals surface area contributed by atoms with Crippen LogP contribution in [0.2, 0.25) is 5.02 Å². The van der Waals surface area contributed by atoms with E-state index in [9.17, 15) is 4.79 Å². The number of halogens is 1. The molecule has 104 valence electrons. The maximum absolute atomic E-state index is 12.1. The molecule has 0 aliphatic heterocycles. The minimum absolute atomic E-state index is 0.326. The second-order valence-electron chi connectivity index (χ2n) is 4.04. The monoisotopic (exact) mass is 291 g/mol. The van der Waals surface area contributed by atoms with Crippen LogP contribution in [0, 0.1) is 0 Å². The number of anilines is 2. The number of nitrogens with two attached hydrogens (primary N) is 1. The Balaban J connectivity index is 2.20. The highest BCUT2D eigenvalue weighted by atomic mass is 35.5. The maximum Gasteiger partial charge on any atom is 0.257 e. The van der Waals surface area contributed by atoms with Crippen LogP contribution >= 0.6 is 11.6 Å². The minimum Gasteiger partial charge on any atom is -0.494 e. The summed E-state index contributed by atoms with van der Waals surface area (Å²) in [5, 5.41) is 3.15. The molecule has 1 heterocycles. The Morgan fingerprint density at radius 1 is 1.40 bits per heavy atom. The summed E-state index contributed by atoms with van der Waals surface area (Å²) in [7, 11) is 0. The molecular formula is C14H14ClN3O2. The molecule has 1 aromatic carbocycles. The van der Waals surface area contributed by atoms with E-state index in [-0.39, 0.29) is 5.91 Å². The zero-order chi connectivity index (χ0) is 14.5. The lowest BCUT2D eigenvalue weighted by atomic mass is 10.1. The van der Waals surface area contributed by atoms with E-state index in [1.807, 2.05) is 6.92 Å². The highest BCUT2D eigenvalue weighted by molar-refractivity contribution is 6.30.